The molecule has 1 fully saturated rings. The Morgan fingerprint density at radius 3 is 1.47 bits per heavy atom. The van der Waals surface area contributed by atoms with E-state index >= 15 is 0 Å². The zero-order chi connectivity index (χ0) is 12.6. The maximum Gasteiger partial charge on any atom is 0.296 e. The van der Waals surface area contributed by atoms with Gasteiger partial charge >= 0.3 is 0 Å². The third-order valence-electron chi connectivity index (χ3n) is 3.56. The Morgan fingerprint density at radius 1 is 0.765 bits per heavy atom. The van der Waals surface area contributed by atoms with E-state index in [2.05, 4.69) is 4.33 Å². The van der Waals surface area contributed by atoms with Gasteiger partial charge in [-0.05, 0) is 12.8 Å². The van der Waals surface area contributed by atoms with Crippen LogP contribution in [0.1, 0.15) is 70.6 Å². The minimum absolute atomic E-state index is 0.521. The van der Waals surface area contributed by atoms with Crippen LogP contribution in [0.3, 0.4) is 0 Å². The van der Waals surface area contributed by atoms with E-state index in [0.29, 0.717) is 12.8 Å². The van der Waals surface area contributed by atoms with Crippen LogP contribution in [0.25, 0.3) is 0 Å². The van der Waals surface area contributed by atoms with E-state index in [-0.39, 0.29) is 0 Å². The molecule has 0 bridgehead atoms. The summed E-state index contributed by atoms with van der Waals surface area (Å²) in [5, 5.41) is 7.93. The van der Waals surface area contributed by atoms with E-state index in [9.17, 15) is 8.42 Å². The first kappa shape index (κ1) is 14.9. The lowest BCUT2D eigenvalue weighted by Crippen LogP contribution is -2.22. The normalized spacial score (nSPS) is 22.6. The lowest BCUT2D eigenvalue weighted by atomic mass is 10.0. The molecule has 0 radical (unpaired) electrons. The molecular formula is C12H24O4S. The van der Waals surface area contributed by atoms with Gasteiger partial charge in [0.2, 0.25) is 0 Å². The maximum absolute atomic E-state index is 11.5. The van der Waals surface area contributed by atoms with Crippen LogP contribution in [0.4, 0.5) is 0 Å². The van der Waals surface area contributed by atoms with Gasteiger partial charge in [-0.1, -0.05) is 57.8 Å². The van der Waals surface area contributed by atoms with Crippen molar-refractivity contribution in [3.63, 3.8) is 0 Å². The number of hydrogen-bond donors (Lipinski definition) is 1. The van der Waals surface area contributed by atoms with Gasteiger partial charge in [0.15, 0.2) is 0 Å². The molecule has 0 heterocycles. The summed E-state index contributed by atoms with van der Waals surface area (Å²) >= 11 is 0. The molecule has 1 aliphatic carbocycles. The minimum atomic E-state index is -3.75. The van der Waals surface area contributed by atoms with Gasteiger partial charge in [-0.2, -0.15) is 8.42 Å². The van der Waals surface area contributed by atoms with Gasteiger partial charge in [-0.15, -0.1) is 4.33 Å². The Bertz CT molecular complexity index is 275. The Kier molecular flexibility index (Phi) is 7.08. The van der Waals surface area contributed by atoms with Crippen molar-refractivity contribution in [2.24, 2.45) is 0 Å². The standard InChI is InChI=1S/C12H24O4S/c13-16-17(14,15)12-10-8-6-4-2-1-3-5-7-9-11-12/h12-13H,1-11H2. The van der Waals surface area contributed by atoms with Crippen LogP contribution in [-0.2, 0) is 14.5 Å². The third kappa shape index (κ3) is 5.84. The second kappa shape index (κ2) is 8.06. The maximum atomic E-state index is 11.5. The first-order valence-corrected chi connectivity index (χ1v) is 8.21. The molecule has 0 atom stereocenters. The quantitative estimate of drug-likeness (QED) is 0.612. The fourth-order valence-electron chi connectivity index (χ4n) is 2.48. The highest BCUT2D eigenvalue weighted by Gasteiger charge is 2.25. The van der Waals surface area contributed by atoms with Gasteiger partial charge in [0, 0.05) is 0 Å². The molecule has 1 saturated carbocycles. The lowest BCUT2D eigenvalue weighted by Gasteiger charge is -2.15. The van der Waals surface area contributed by atoms with Gasteiger partial charge < -0.3 is 0 Å². The highest BCUT2D eigenvalue weighted by Crippen LogP contribution is 2.21. The molecule has 0 spiro atoms. The smallest absolute Gasteiger partial charge is 0.235 e. The highest BCUT2D eigenvalue weighted by molar-refractivity contribution is 7.87. The first-order valence-electron chi connectivity index (χ1n) is 6.73. The summed E-state index contributed by atoms with van der Waals surface area (Å²) in [6, 6.07) is 0. The van der Waals surface area contributed by atoms with Crippen LogP contribution in [0.2, 0.25) is 0 Å². The van der Waals surface area contributed by atoms with Gasteiger partial charge in [0.05, 0.1) is 5.25 Å². The molecule has 1 rings (SSSR count). The van der Waals surface area contributed by atoms with E-state index in [1.165, 1.54) is 32.1 Å². The summed E-state index contributed by atoms with van der Waals surface area (Å²) in [5.41, 5.74) is 0. The molecule has 0 aromatic rings. The van der Waals surface area contributed by atoms with Gasteiger partial charge in [-0.25, -0.2) is 5.26 Å². The third-order valence-corrected chi connectivity index (χ3v) is 5.06. The average Bonchev–Trinajstić information content (AvgIpc) is 2.29. The van der Waals surface area contributed by atoms with E-state index in [0.717, 1.165) is 25.7 Å². The Balaban J connectivity index is 2.48. The topological polar surface area (TPSA) is 63.6 Å². The van der Waals surface area contributed by atoms with Crippen molar-refractivity contribution in [1.29, 1.82) is 0 Å². The molecule has 102 valence electrons. The number of rotatable bonds is 2. The van der Waals surface area contributed by atoms with Crippen molar-refractivity contribution in [2.45, 2.75) is 75.9 Å². The molecule has 4 nitrogen and oxygen atoms in total. The number of hydrogen-bond acceptors (Lipinski definition) is 4. The minimum Gasteiger partial charge on any atom is -0.235 e. The summed E-state index contributed by atoms with van der Waals surface area (Å²) in [6.07, 6.45) is 11.4. The summed E-state index contributed by atoms with van der Waals surface area (Å²) in [4.78, 5) is 0. The van der Waals surface area contributed by atoms with Crippen LogP contribution in [0.15, 0.2) is 0 Å². The fraction of sp³-hybridized carbons (Fsp3) is 1.00. The van der Waals surface area contributed by atoms with E-state index in [1.54, 1.807) is 0 Å². The van der Waals surface area contributed by atoms with Crippen molar-refractivity contribution in [1.82, 2.24) is 0 Å². The van der Waals surface area contributed by atoms with Crippen LogP contribution < -0.4 is 0 Å². The SMILES string of the molecule is O=S(=O)(OO)C1CCCCCCCCCCC1. The van der Waals surface area contributed by atoms with Crippen LogP contribution in [0, 0.1) is 0 Å². The van der Waals surface area contributed by atoms with E-state index in [4.69, 9.17) is 5.26 Å². The summed E-state index contributed by atoms with van der Waals surface area (Å²) in [6.45, 7) is 0. The molecule has 0 aromatic heterocycles. The van der Waals surface area contributed by atoms with Crippen molar-refractivity contribution >= 4 is 10.1 Å². The molecule has 1 aliphatic rings. The molecule has 5 heteroatoms. The van der Waals surface area contributed by atoms with Crippen LogP contribution >= 0.6 is 0 Å². The molecule has 1 N–H and O–H groups in total. The van der Waals surface area contributed by atoms with Crippen LogP contribution in [-0.4, -0.2) is 18.9 Å². The first-order chi connectivity index (χ1) is 8.17. The van der Waals surface area contributed by atoms with Gasteiger partial charge in [-0.3, -0.25) is 0 Å². The van der Waals surface area contributed by atoms with Gasteiger partial charge in [0.25, 0.3) is 10.1 Å². The average molecular weight is 264 g/mol. The second-order valence-corrected chi connectivity index (χ2v) is 6.75. The second-order valence-electron chi connectivity index (χ2n) is 4.95. The predicted molar refractivity (Wildman–Crippen MR) is 67.2 cm³/mol. The molecule has 0 aromatic carbocycles. The Labute approximate surface area is 104 Å². The summed E-state index contributed by atoms with van der Waals surface area (Å²) in [7, 11) is -3.75. The van der Waals surface area contributed by atoms with Crippen molar-refractivity contribution in [2.75, 3.05) is 0 Å². The Morgan fingerprint density at radius 2 is 1.12 bits per heavy atom. The van der Waals surface area contributed by atoms with Crippen molar-refractivity contribution in [3.8, 4) is 0 Å². The summed E-state index contributed by atoms with van der Waals surface area (Å²) < 4.78 is 26.7. The van der Waals surface area contributed by atoms with Crippen LogP contribution in [0.5, 0.6) is 0 Å². The van der Waals surface area contributed by atoms with E-state index in [1.807, 2.05) is 0 Å². The molecular weight excluding hydrogens is 240 g/mol. The molecule has 0 unspecified atom stereocenters. The molecule has 17 heavy (non-hydrogen) atoms. The Hall–Kier alpha value is -0.130. The zero-order valence-electron chi connectivity index (χ0n) is 10.4. The van der Waals surface area contributed by atoms with Crippen molar-refractivity contribution < 1.29 is 18.0 Å². The largest absolute Gasteiger partial charge is 0.296 e. The van der Waals surface area contributed by atoms with Crippen molar-refractivity contribution in [3.05, 3.63) is 0 Å². The molecule has 0 amide bonds. The fourth-order valence-corrected chi connectivity index (χ4v) is 3.51. The highest BCUT2D eigenvalue weighted by atomic mass is 32.2. The monoisotopic (exact) mass is 264 g/mol. The molecule has 0 saturated heterocycles. The predicted octanol–water partition coefficient (Wildman–Crippen LogP) is 3.48. The van der Waals surface area contributed by atoms with Gasteiger partial charge in [0.1, 0.15) is 0 Å². The summed E-state index contributed by atoms with van der Waals surface area (Å²) in [5.74, 6) is 0. The zero-order valence-corrected chi connectivity index (χ0v) is 11.3. The molecule has 0 aliphatic heterocycles. The van der Waals surface area contributed by atoms with E-state index < -0.39 is 15.4 Å². The lowest BCUT2D eigenvalue weighted by molar-refractivity contribution is -0.131.